The Bertz CT molecular complexity index is 194. The van der Waals surface area contributed by atoms with E-state index in [1.807, 2.05) is 12.1 Å². The molecule has 0 aliphatic heterocycles. The van der Waals surface area contributed by atoms with Gasteiger partial charge in [0.1, 0.15) is 0 Å². The Morgan fingerprint density at radius 1 is 1.55 bits per heavy atom. The Kier molecular flexibility index (Phi) is 3.01. The Hall–Kier alpha value is -0.930. The van der Waals surface area contributed by atoms with Crippen LogP contribution in [-0.4, -0.2) is 4.98 Å². The van der Waals surface area contributed by atoms with Crippen LogP contribution in [0, 0.1) is 0 Å². The fourth-order valence-electron chi connectivity index (χ4n) is 1.05. The number of nitrogens with one attached hydrogen (secondary N) is 1. The van der Waals surface area contributed by atoms with E-state index in [1.165, 1.54) is 5.56 Å². The summed E-state index contributed by atoms with van der Waals surface area (Å²) in [6.07, 6.45) is 4.53. The number of nitrogens with two attached hydrogens (primary N) is 1. The van der Waals surface area contributed by atoms with Gasteiger partial charge in [0.25, 0.3) is 0 Å². The van der Waals surface area contributed by atoms with Gasteiger partial charge in [-0.2, -0.15) is 0 Å². The van der Waals surface area contributed by atoms with Crippen molar-refractivity contribution in [3.8, 4) is 0 Å². The van der Waals surface area contributed by atoms with E-state index in [1.54, 1.807) is 12.4 Å². The highest BCUT2D eigenvalue weighted by atomic mass is 15.2. The van der Waals surface area contributed by atoms with Crippen LogP contribution in [0.1, 0.15) is 24.9 Å². The third kappa shape index (κ3) is 2.00. The molecule has 3 nitrogen and oxygen atoms in total. The first-order valence-corrected chi connectivity index (χ1v) is 3.74. The van der Waals surface area contributed by atoms with Crippen LogP contribution < -0.4 is 11.3 Å². The van der Waals surface area contributed by atoms with Crippen LogP contribution in [0.25, 0.3) is 0 Å². The SMILES string of the molecule is CC[C@H](NN)c1ccncc1. The first kappa shape index (κ1) is 8.17. The summed E-state index contributed by atoms with van der Waals surface area (Å²) in [6, 6.07) is 4.18. The molecule has 0 bridgehead atoms. The van der Waals surface area contributed by atoms with Crippen molar-refractivity contribution in [3.63, 3.8) is 0 Å². The predicted octanol–water partition coefficient (Wildman–Crippen LogP) is 0.996. The second-order valence-electron chi connectivity index (χ2n) is 2.41. The molecule has 1 aromatic heterocycles. The summed E-state index contributed by atoms with van der Waals surface area (Å²) in [6.45, 7) is 2.09. The van der Waals surface area contributed by atoms with Crippen molar-refractivity contribution < 1.29 is 0 Å². The molecule has 1 atom stereocenters. The molecule has 0 aliphatic rings. The van der Waals surface area contributed by atoms with Gasteiger partial charge >= 0.3 is 0 Å². The van der Waals surface area contributed by atoms with Gasteiger partial charge in [-0.3, -0.25) is 16.3 Å². The zero-order chi connectivity index (χ0) is 8.10. The second kappa shape index (κ2) is 4.05. The molecule has 0 saturated carbocycles. The summed E-state index contributed by atoms with van der Waals surface area (Å²) in [7, 11) is 0. The van der Waals surface area contributed by atoms with Crippen LogP contribution in [0.2, 0.25) is 0 Å². The highest BCUT2D eigenvalue weighted by Crippen LogP contribution is 2.12. The molecular weight excluding hydrogens is 138 g/mol. The maximum Gasteiger partial charge on any atom is 0.0458 e. The van der Waals surface area contributed by atoms with Crippen molar-refractivity contribution in [1.82, 2.24) is 10.4 Å². The molecule has 11 heavy (non-hydrogen) atoms. The molecule has 0 amide bonds. The van der Waals surface area contributed by atoms with Crippen LogP contribution in [0.15, 0.2) is 24.5 Å². The molecule has 1 aromatic rings. The van der Waals surface area contributed by atoms with Crippen LogP contribution in [0.5, 0.6) is 0 Å². The standard InChI is InChI=1S/C8H13N3/c1-2-8(11-9)7-3-5-10-6-4-7/h3-6,8,11H,2,9H2,1H3/t8-/m0/s1. The first-order valence-electron chi connectivity index (χ1n) is 3.74. The van der Waals surface area contributed by atoms with Gasteiger partial charge in [0, 0.05) is 18.4 Å². The predicted molar refractivity (Wildman–Crippen MR) is 44.6 cm³/mol. The summed E-state index contributed by atoms with van der Waals surface area (Å²) < 4.78 is 0. The Labute approximate surface area is 66.6 Å². The lowest BCUT2D eigenvalue weighted by molar-refractivity contribution is 0.538. The van der Waals surface area contributed by atoms with Gasteiger partial charge in [0.15, 0.2) is 0 Å². The number of hydrogen-bond acceptors (Lipinski definition) is 3. The summed E-state index contributed by atoms with van der Waals surface area (Å²) in [5, 5.41) is 0. The van der Waals surface area contributed by atoms with Gasteiger partial charge in [-0.15, -0.1) is 0 Å². The summed E-state index contributed by atoms with van der Waals surface area (Å²) >= 11 is 0. The molecular formula is C8H13N3. The lowest BCUT2D eigenvalue weighted by Crippen LogP contribution is -2.27. The molecule has 1 heterocycles. The number of pyridine rings is 1. The van der Waals surface area contributed by atoms with Crippen LogP contribution in [0.3, 0.4) is 0 Å². The molecule has 3 N–H and O–H groups in total. The van der Waals surface area contributed by atoms with E-state index in [9.17, 15) is 0 Å². The van der Waals surface area contributed by atoms with Gasteiger partial charge in [-0.25, -0.2) is 0 Å². The van der Waals surface area contributed by atoms with Crippen molar-refractivity contribution in [2.75, 3.05) is 0 Å². The largest absolute Gasteiger partial charge is 0.271 e. The summed E-state index contributed by atoms with van der Waals surface area (Å²) in [4.78, 5) is 3.93. The van der Waals surface area contributed by atoms with E-state index < -0.39 is 0 Å². The third-order valence-corrected chi connectivity index (χ3v) is 1.72. The van der Waals surface area contributed by atoms with Crippen molar-refractivity contribution >= 4 is 0 Å². The molecule has 0 radical (unpaired) electrons. The minimum atomic E-state index is 0.248. The van der Waals surface area contributed by atoms with Crippen molar-refractivity contribution in [3.05, 3.63) is 30.1 Å². The van der Waals surface area contributed by atoms with Gasteiger partial charge in [-0.1, -0.05) is 6.92 Å². The van der Waals surface area contributed by atoms with Gasteiger partial charge in [0.2, 0.25) is 0 Å². The van der Waals surface area contributed by atoms with Crippen molar-refractivity contribution in [2.45, 2.75) is 19.4 Å². The van der Waals surface area contributed by atoms with E-state index in [4.69, 9.17) is 5.84 Å². The normalized spacial score (nSPS) is 12.9. The Morgan fingerprint density at radius 2 is 2.18 bits per heavy atom. The Morgan fingerprint density at radius 3 is 2.64 bits per heavy atom. The minimum Gasteiger partial charge on any atom is -0.271 e. The smallest absolute Gasteiger partial charge is 0.0458 e. The fraction of sp³-hybridized carbons (Fsp3) is 0.375. The third-order valence-electron chi connectivity index (χ3n) is 1.72. The maximum absolute atomic E-state index is 5.34. The number of hydrogen-bond donors (Lipinski definition) is 2. The average Bonchev–Trinajstić information content (AvgIpc) is 2.09. The lowest BCUT2D eigenvalue weighted by atomic mass is 10.1. The molecule has 0 aliphatic carbocycles. The van der Waals surface area contributed by atoms with E-state index in [2.05, 4.69) is 17.3 Å². The molecule has 1 rings (SSSR count). The van der Waals surface area contributed by atoms with E-state index in [-0.39, 0.29) is 6.04 Å². The number of hydrazine groups is 1. The highest BCUT2D eigenvalue weighted by Gasteiger charge is 2.04. The molecule has 0 aromatic carbocycles. The first-order chi connectivity index (χ1) is 5.38. The molecule has 60 valence electrons. The van der Waals surface area contributed by atoms with Gasteiger partial charge in [0.05, 0.1) is 0 Å². The number of rotatable bonds is 3. The van der Waals surface area contributed by atoms with Crippen LogP contribution in [-0.2, 0) is 0 Å². The van der Waals surface area contributed by atoms with Crippen LogP contribution >= 0.6 is 0 Å². The van der Waals surface area contributed by atoms with Crippen molar-refractivity contribution in [1.29, 1.82) is 0 Å². The lowest BCUT2D eigenvalue weighted by Gasteiger charge is -2.12. The monoisotopic (exact) mass is 151 g/mol. The van der Waals surface area contributed by atoms with Gasteiger partial charge in [-0.05, 0) is 24.1 Å². The molecule has 0 spiro atoms. The minimum absolute atomic E-state index is 0.248. The van der Waals surface area contributed by atoms with Crippen LogP contribution in [0.4, 0.5) is 0 Å². The Balaban J connectivity index is 2.74. The van der Waals surface area contributed by atoms with Crippen molar-refractivity contribution in [2.24, 2.45) is 5.84 Å². The second-order valence-corrected chi connectivity index (χ2v) is 2.41. The van der Waals surface area contributed by atoms with E-state index >= 15 is 0 Å². The molecule has 0 saturated heterocycles. The molecule has 3 heteroatoms. The number of nitrogens with zero attached hydrogens (tertiary/aromatic N) is 1. The highest BCUT2D eigenvalue weighted by molar-refractivity contribution is 5.14. The zero-order valence-corrected chi connectivity index (χ0v) is 6.62. The maximum atomic E-state index is 5.34. The average molecular weight is 151 g/mol. The van der Waals surface area contributed by atoms with E-state index in [0.717, 1.165) is 6.42 Å². The topological polar surface area (TPSA) is 50.9 Å². The van der Waals surface area contributed by atoms with E-state index in [0.29, 0.717) is 0 Å². The fourth-order valence-corrected chi connectivity index (χ4v) is 1.05. The molecule has 0 unspecified atom stereocenters. The number of aromatic nitrogens is 1. The quantitative estimate of drug-likeness (QED) is 0.500. The van der Waals surface area contributed by atoms with Gasteiger partial charge < -0.3 is 0 Å². The summed E-state index contributed by atoms with van der Waals surface area (Å²) in [5.74, 6) is 5.34. The summed E-state index contributed by atoms with van der Waals surface area (Å²) in [5.41, 5.74) is 3.93. The molecule has 0 fully saturated rings. The zero-order valence-electron chi connectivity index (χ0n) is 6.62.